The maximum absolute atomic E-state index is 13.0. The third-order valence-corrected chi connectivity index (χ3v) is 5.48. The summed E-state index contributed by atoms with van der Waals surface area (Å²) >= 11 is 0. The molecule has 1 amide bonds. The molecule has 36 heavy (non-hydrogen) atoms. The lowest BCUT2D eigenvalue weighted by Crippen LogP contribution is -2.43. The monoisotopic (exact) mass is 487 g/mol. The Morgan fingerprint density at radius 1 is 0.861 bits per heavy atom. The number of rotatable bonds is 9. The highest BCUT2D eigenvalue weighted by molar-refractivity contribution is 5.83. The number of methoxy groups -OCH3 is 1. The van der Waals surface area contributed by atoms with Crippen molar-refractivity contribution in [3.8, 4) is 5.75 Å². The average molecular weight is 488 g/mol. The van der Waals surface area contributed by atoms with E-state index in [2.05, 4.69) is 5.32 Å². The minimum absolute atomic E-state index is 0.0645. The predicted octanol–water partition coefficient (Wildman–Crippen LogP) is 4.38. The minimum atomic E-state index is -0.998. The van der Waals surface area contributed by atoms with Gasteiger partial charge < -0.3 is 23.9 Å². The van der Waals surface area contributed by atoms with Crippen LogP contribution in [0.15, 0.2) is 94.1 Å². The quantitative estimate of drug-likeness (QED) is 0.276. The maximum Gasteiger partial charge on any atom is 0.408 e. The molecule has 1 N–H and O–H groups in total. The van der Waals surface area contributed by atoms with Crippen LogP contribution in [0.4, 0.5) is 4.79 Å². The summed E-state index contributed by atoms with van der Waals surface area (Å²) in [6.45, 7) is -0.117. The zero-order chi connectivity index (χ0) is 25.3. The number of hydrogen-bond acceptors (Lipinski definition) is 7. The fourth-order valence-electron chi connectivity index (χ4n) is 3.66. The topological polar surface area (TPSA) is 104 Å². The van der Waals surface area contributed by atoms with Crippen molar-refractivity contribution >= 4 is 23.0 Å². The lowest BCUT2D eigenvalue weighted by molar-refractivity contribution is -0.147. The van der Waals surface area contributed by atoms with Crippen molar-refractivity contribution in [2.75, 3.05) is 7.11 Å². The fourth-order valence-corrected chi connectivity index (χ4v) is 3.66. The van der Waals surface area contributed by atoms with Crippen molar-refractivity contribution in [1.29, 1.82) is 0 Å². The smallest absolute Gasteiger partial charge is 0.408 e. The minimum Gasteiger partial charge on any atom is -0.497 e. The average Bonchev–Trinajstić information content (AvgIpc) is 2.90. The Hall–Kier alpha value is -4.59. The normalized spacial score (nSPS) is 11.5. The first-order chi connectivity index (χ1) is 17.5. The summed E-state index contributed by atoms with van der Waals surface area (Å²) in [5.41, 5.74) is 1.87. The molecule has 0 aliphatic heterocycles. The summed E-state index contributed by atoms with van der Waals surface area (Å²) in [6.07, 6.45) is -0.538. The van der Waals surface area contributed by atoms with Crippen molar-refractivity contribution in [2.24, 2.45) is 0 Å². The maximum atomic E-state index is 13.0. The predicted molar refractivity (Wildman–Crippen MR) is 133 cm³/mol. The standard InChI is InChI=1S/C28H25NO7/c1-33-22-12-13-23-21(15-26(30)36-25(23)16-22)18-34-27(31)24(14-19-8-4-2-5-9-19)29-28(32)35-17-20-10-6-3-7-11-20/h2-13,15-16,24H,14,17-18H2,1H3,(H,29,32)/t24-/m0/s1. The van der Waals surface area contributed by atoms with Crippen LogP contribution in [0, 0.1) is 0 Å². The van der Waals surface area contributed by atoms with Crippen molar-refractivity contribution in [1.82, 2.24) is 5.32 Å². The molecular formula is C28H25NO7. The zero-order valence-corrected chi connectivity index (χ0v) is 19.6. The molecule has 8 nitrogen and oxygen atoms in total. The summed E-state index contributed by atoms with van der Waals surface area (Å²) in [7, 11) is 1.51. The molecule has 3 aromatic carbocycles. The van der Waals surface area contributed by atoms with Crippen LogP contribution in [0.25, 0.3) is 11.0 Å². The van der Waals surface area contributed by atoms with Gasteiger partial charge in [0, 0.05) is 29.5 Å². The number of fused-ring (bicyclic) bond motifs is 1. The Balaban J connectivity index is 1.47. The van der Waals surface area contributed by atoms with E-state index in [9.17, 15) is 14.4 Å². The Bertz CT molecular complexity index is 1380. The van der Waals surface area contributed by atoms with Gasteiger partial charge in [0.25, 0.3) is 0 Å². The molecule has 0 saturated heterocycles. The Labute approximate surface area is 207 Å². The van der Waals surface area contributed by atoms with E-state index >= 15 is 0 Å². The van der Waals surface area contributed by atoms with Gasteiger partial charge in [-0.3, -0.25) is 0 Å². The highest BCUT2D eigenvalue weighted by atomic mass is 16.6. The summed E-state index contributed by atoms with van der Waals surface area (Å²) in [5.74, 6) is -0.133. The molecule has 1 heterocycles. The number of ether oxygens (including phenoxy) is 3. The van der Waals surface area contributed by atoms with Crippen molar-refractivity contribution in [3.05, 3.63) is 112 Å². The van der Waals surface area contributed by atoms with Gasteiger partial charge in [0.05, 0.1) is 7.11 Å². The van der Waals surface area contributed by atoms with E-state index in [4.69, 9.17) is 18.6 Å². The van der Waals surface area contributed by atoms with Gasteiger partial charge >= 0.3 is 17.7 Å². The molecule has 4 rings (SSSR count). The molecule has 0 unspecified atom stereocenters. The van der Waals surface area contributed by atoms with Crippen LogP contribution in [0.3, 0.4) is 0 Å². The van der Waals surface area contributed by atoms with Gasteiger partial charge in [0.15, 0.2) is 0 Å². The Morgan fingerprint density at radius 3 is 2.25 bits per heavy atom. The summed E-state index contributed by atoms with van der Waals surface area (Å²) < 4.78 is 21.2. The Kier molecular flexibility index (Phi) is 7.97. The van der Waals surface area contributed by atoms with Crippen LogP contribution >= 0.6 is 0 Å². The van der Waals surface area contributed by atoms with Gasteiger partial charge in [-0.15, -0.1) is 0 Å². The molecule has 1 atom stereocenters. The number of esters is 1. The van der Waals surface area contributed by atoms with Crippen LogP contribution < -0.4 is 15.7 Å². The van der Waals surface area contributed by atoms with E-state index in [1.54, 1.807) is 18.2 Å². The van der Waals surface area contributed by atoms with Crippen LogP contribution in [-0.2, 0) is 33.9 Å². The molecular weight excluding hydrogens is 462 g/mol. The van der Waals surface area contributed by atoms with Crippen molar-refractivity contribution in [2.45, 2.75) is 25.7 Å². The lowest BCUT2D eigenvalue weighted by Gasteiger charge is -2.18. The van der Waals surface area contributed by atoms with E-state index in [1.807, 2.05) is 60.7 Å². The fraction of sp³-hybridized carbons (Fsp3) is 0.179. The number of carbonyl (C=O) groups excluding carboxylic acids is 2. The molecule has 0 fully saturated rings. The molecule has 0 spiro atoms. The van der Waals surface area contributed by atoms with Crippen molar-refractivity contribution in [3.63, 3.8) is 0 Å². The second-order valence-corrected chi connectivity index (χ2v) is 8.01. The van der Waals surface area contributed by atoms with Gasteiger partial charge in [-0.1, -0.05) is 60.7 Å². The van der Waals surface area contributed by atoms with Crippen LogP contribution in [0.5, 0.6) is 5.75 Å². The van der Waals surface area contributed by atoms with Crippen LogP contribution in [0.2, 0.25) is 0 Å². The number of amides is 1. The van der Waals surface area contributed by atoms with E-state index in [-0.39, 0.29) is 19.6 Å². The zero-order valence-electron chi connectivity index (χ0n) is 19.6. The first-order valence-electron chi connectivity index (χ1n) is 11.3. The summed E-state index contributed by atoms with van der Waals surface area (Å²) in [4.78, 5) is 37.5. The second-order valence-electron chi connectivity index (χ2n) is 8.01. The third-order valence-electron chi connectivity index (χ3n) is 5.48. The summed E-state index contributed by atoms with van der Waals surface area (Å²) in [5, 5.41) is 3.21. The van der Waals surface area contributed by atoms with Crippen LogP contribution in [0.1, 0.15) is 16.7 Å². The second kappa shape index (κ2) is 11.7. The van der Waals surface area contributed by atoms with Gasteiger partial charge in [-0.25, -0.2) is 14.4 Å². The van der Waals surface area contributed by atoms with Gasteiger partial charge in [0.2, 0.25) is 0 Å². The number of nitrogens with one attached hydrogen (secondary N) is 1. The summed E-state index contributed by atoms with van der Waals surface area (Å²) in [6, 6.07) is 23.8. The van der Waals surface area contributed by atoms with E-state index < -0.39 is 23.7 Å². The highest BCUT2D eigenvalue weighted by Crippen LogP contribution is 2.23. The molecule has 0 saturated carbocycles. The Morgan fingerprint density at radius 2 is 1.56 bits per heavy atom. The van der Waals surface area contributed by atoms with Gasteiger partial charge in [0.1, 0.15) is 30.6 Å². The molecule has 4 aromatic rings. The first kappa shape index (κ1) is 24.5. The first-order valence-corrected chi connectivity index (χ1v) is 11.3. The van der Waals surface area contributed by atoms with Gasteiger partial charge in [-0.05, 0) is 23.3 Å². The third kappa shape index (κ3) is 6.50. The van der Waals surface area contributed by atoms with E-state index in [0.29, 0.717) is 22.3 Å². The van der Waals surface area contributed by atoms with Crippen LogP contribution in [-0.4, -0.2) is 25.2 Å². The number of benzene rings is 3. The SMILES string of the molecule is COc1ccc2c(COC(=O)[C@H](Cc3ccccc3)NC(=O)OCc3ccccc3)cc(=O)oc2c1. The van der Waals surface area contributed by atoms with E-state index in [1.165, 1.54) is 13.2 Å². The van der Waals surface area contributed by atoms with Gasteiger partial charge in [-0.2, -0.15) is 0 Å². The number of carbonyl (C=O) groups is 2. The molecule has 0 aliphatic rings. The molecule has 8 heteroatoms. The molecule has 1 aromatic heterocycles. The van der Waals surface area contributed by atoms with Crippen molar-refractivity contribution < 1.29 is 28.2 Å². The van der Waals surface area contributed by atoms with E-state index in [0.717, 1.165) is 11.1 Å². The molecule has 0 aliphatic carbocycles. The molecule has 0 bridgehead atoms. The molecule has 0 radical (unpaired) electrons. The highest BCUT2D eigenvalue weighted by Gasteiger charge is 2.24. The number of hydrogen-bond donors (Lipinski definition) is 1. The number of alkyl carbamates (subject to hydrolysis) is 1. The molecule has 184 valence electrons. The largest absolute Gasteiger partial charge is 0.497 e. The lowest BCUT2D eigenvalue weighted by atomic mass is 10.1.